The zero-order valence-electron chi connectivity index (χ0n) is 9.61. The zero-order valence-corrected chi connectivity index (χ0v) is 10.4. The Morgan fingerprint density at radius 1 is 1.56 bits per heavy atom. The number of nitrogens with one attached hydrogen (secondary N) is 1. The molecule has 0 bridgehead atoms. The summed E-state index contributed by atoms with van der Waals surface area (Å²) >= 11 is 1.53. The van der Waals surface area contributed by atoms with Gasteiger partial charge in [-0.3, -0.25) is 4.79 Å². The molecule has 0 spiro atoms. The van der Waals surface area contributed by atoms with Gasteiger partial charge < -0.3 is 10.1 Å². The minimum absolute atomic E-state index is 0.201. The normalized spacial score (nSPS) is 9.94. The molecule has 0 saturated heterocycles. The van der Waals surface area contributed by atoms with Crippen LogP contribution < -0.4 is 5.32 Å². The van der Waals surface area contributed by atoms with Gasteiger partial charge in [0.05, 0.1) is 13.5 Å². The molecule has 5 nitrogen and oxygen atoms in total. The van der Waals surface area contributed by atoms with Crippen molar-refractivity contribution in [2.24, 2.45) is 0 Å². The Balaban J connectivity index is 2.57. The number of ether oxygens (including phenoxy) is 1. The summed E-state index contributed by atoms with van der Waals surface area (Å²) in [6, 6.07) is 0. The highest BCUT2D eigenvalue weighted by molar-refractivity contribution is 7.99. The van der Waals surface area contributed by atoms with Crippen molar-refractivity contribution in [1.29, 1.82) is 0 Å². The molecule has 0 aromatic carbocycles. The Kier molecular flexibility index (Phi) is 5.04. The maximum absolute atomic E-state index is 10.9. The van der Waals surface area contributed by atoms with E-state index in [1.54, 1.807) is 0 Å². The van der Waals surface area contributed by atoms with Gasteiger partial charge in [0.2, 0.25) is 0 Å². The maximum atomic E-state index is 10.9. The van der Waals surface area contributed by atoms with E-state index < -0.39 is 0 Å². The van der Waals surface area contributed by atoms with Gasteiger partial charge in [-0.05, 0) is 6.92 Å². The molecule has 0 fully saturated rings. The molecule has 0 atom stereocenters. The van der Waals surface area contributed by atoms with Gasteiger partial charge >= 0.3 is 5.97 Å². The van der Waals surface area contributed by atoms with E-state index in [9.17, 15) is 4.79 Å². The minimum Gasteiger partial charge on any atom is -0.469 e. The van der Waals surface area contributed by atoms with Crippen LogP contribution >= 0.6 is 11.8 Å². The first-order valence-electron chi connectivity index (χ1n) is 4.88. The van der Waals surface area contributed by atoms with E-state index >= 15 is 0 Å². The second kappa shape index (κ2) is 6.32. The van der Waals surface area contributed by atoms with E-state index in [1.165, 1.54) is 25.2 Å². The maximum Gasteiger partial charge on any atom is 0.306 e. The Bertz CT molecular complexity index is 371. The van der Waals surface area contributed by atoms with E-state index in [2.05, 4.69) is 20.0 Å². The van der Waals surface area contributed by atoms with Crippen molar-refractivity contribution in [3.8, 4) is 0 Å². The van der Waals surface area contributed by atoms with Gasteiger partial charge in [-0.25, -0.2) is 9.97 Å². The highest BCUT2D eigenvalue weighted by Gasteiger charge is 2.07. The summed E-state index contributed by atoms with van der Waals surface area (Å²) in [5.74, 6) is 1.27. The van der Waals surface area contributed by atoms with E-state index in [0.29, 0.717) is 12.2 Å². The number of thioether (sulfide) groups is 1. The predicted molar refractivity (Wildman–Crippen MR) is 63.7 cm³/mol. The fourth-order valence-electron chi connectivity index (χ4n) is 1.16. The zero-order chi connectivity index (χ0) is 12.0. The molecule has 0 unspecified atom stereocenters. The fourth-order valence-corrected chi connectivity index (χ4v) is 2.06. The SMILES string of the molecule is CNc1ncnc(SCCC(=O)OC)c1C. The molecule has 0 saturated carbocycles. The summed E-state index contributed by atoms with van der Waals surface area (Å²) in [5.41, 5.74) is 1.000. The number of esters is 1. The van der Waals surface area contributed by atoms with Crippen LogP contribution in [-0.4, -0.2) is 35.8 Å². The number of methoxy groups -OCH3 is 1. The Hall–Kier alpha value is -1.30. The molecule has 1 N–H and O–H groups in total. The predicted octanol–water partition coefficient (Wildman–Crippen LogP) is 1.48. The summed E-state index contributed by atoms with van der Waals surface area (Å²) in [7, 11) is 3.21. The number of nitrogens with zero attached hydrogens (tertiary/aromatic N) is 2. The Morgan fingerprint density at radius 2 is 2.31 bits per heavy atom. The van der Waals surface area contributed by atoms with Crippen LogP contribution in [0.3, 0.4) is 0 Å². The lowest BCUT2D eigenvalue weighted by atomic mass is 10.3. The van der Waals surface area contributed by atoms with Gasteiger partial charge in [0.1, 0.15) is 17.2 Å². The molecule has 0 radical (unpaired) electrons. The molecule has 1 heterocycles. The lowest BCUT2D eigenvalue weighted by Gasteiger charge is -2.07. The number of anilines is 1. The average molecular weight is 241 g/mol. The number of rotatable bonds is 5. The standard InChI is InChI=1S/C10H15N3O2S/c1-7-9(11-2)12-6-13-10(7)16-5-4-8(14)15-3/h6H,4-5H2,1-3H3,(H,11,12,13). The van der Waals surface area contributed by atoms with Gasteiger partial charge in [-0.1, -0.05) is 0 Å². The highest BCUT2D eigenvalue weighted by Crippen LogP contribution is 2.23. The molecular weight excluding hydrogens is 226 g/mol. The molecule has 1 aromatic rings. The monoisotopic (exact) mass is 241 g/mol. The molecule has 16 heavy (non-hydrogen) atoms. The fraction of sp³-hybridized carbons (Fsp3) is 0.500. The minimum atomic E-state index is -0.201. The van der Waals surface area contributed by atoms with Crippen LogP contribution in [0.2, 0.25) is 0 Å². The van der Waals surface area contributed by atoms with Crippen molar-refractivity contribution >= 4 is 23.5 Å². The second-order valence-electron chi connectivity index (χ2n) is 3.08. The van der Waals surface area contributed by atoms with Crippen LogP contribution in [0.15, 0.2) is 11.4 Å². The summed E-state index contributed by atoms with van der Waals surface area (Å²) in [4.78, 5) is 19.2. The number of carbonyl (C=O) groups excluding carboxylic acids is 1. The van der Waals surface area contributed by atoms with Gasteiger partial charge in [0, 0.05) is 18.4 Å². The van der Waals surface area contributed by atoms with Gasteiger partial charge in [0.25, 0.3) is 0 Å². The lowest BCUT2D eigenvalue weighted by molar-refractivity contribution is -0.140. The molecule has 1 aromatic heterocycles. The summed E-state index contributed by atoms with van der Waals surface area (Å²) in [6.07, 6.45) is 1.90. The van der Waals surface area contributed by atoms with Crippen molar-refractivity contribution in [3.63, 3.8) is 0 Å². The molecule has 88 valence electrons. The first kappa shape index (κ1) is 12.8. The van der Waals surface area contributed by atoms with Crippen molar-refractivity contribution in [2.45, 2.75) is 18.4 Å². The summed E-state index contributed by atoms with van der Waals surface area (Å²) in [5, 5.41) is 3.88. The third kappa shape index (κ3) is 3.37. The molecular formula is C10H15N3O2S. The third-order valence-electron chi connectivity index (χ3n) is 2.05. The van der Waals surface area contributed by atoms with Crippen LogP contribution in [0.1, 0.15) is 12.0 Å². The molecule has 0 aliphatic heterocycles. The average Bonchev–Trinajstić information content (AvgIpc) is 2.31. The summed E-state index contributed by atoms with van der Waals surface area (Å²) < 4.78 is 4.57. The molecule has 6 heteroatoms. The van der Waals surface area contributed by atoms with E-state index in [-0.39, 0.29) is 5.97 Å². The van der Waals surface area contributed by atoms with Crippen LogP contribution in [0.5, 0.6) is 0 Å². The molecule has 0 aliphatic rings. The van der Waals surface area contributed by atoms with E-state index in [0.717, 1.165) is 16.4 Å². The van der Waals surface area contributed by atoms with Crippen LogP contribution in [0, 0.1) is 6.92 Å². The number of carbonyl (C=O) groups is 1. The quantitative estimate of drug-likeness (QED) is 0.478. The van der Waals surface area contributed by atoms with E-state index in [1.807, 2.05) is 14.0 Å². The van der Waals surface area contributed by atoms with Gasteiger partial charge in [-0.15, -0.1) is 11.8 Å². The summed E-state index contributed by atoms with van der Waals surface area (Å²) in [6.45, 7) is 1.95. The van der Waals surface area contributed by atoms with Crippen LogP contribution in [-0.2, 0) is 9.53 Å². The first-order chi connectivity index (χ1) is 7.69. The highest BCUT2D eigenvalue weighted by atomic mass is 32.2. The first-order valence-corrected chi connectivity index (χ1v) is 5.86. The van der Waals surface area contributed by atoms with E-state index in [4.69, 9.17) is 0 Å². The van der Waals surface area contributed by atoms with Crippen molar-refractivity contribution < 1.29 is 9.53 Å². The number of aromatic nitrogens is 2. The molecule has 1 rings (SSSR count). The van der Waals surface area contributed by atoms with Gasteiger partial charge in [0.15, 0.2) is 0 Å². The van der Waals surface area contributed by atoms with Crippen LogP contribution in [0.4, 0.5) is 5.82 Å². The van der Waals surface area contributed by atoms with Crippen molar-refractivity contribution in [3.05, 3.63) is 11.9 Å². The molecule has 0 aliphatic carbocycles. The molecule has 0 amide bonds. The topological polar surface area (TPSA) is 64.1 Å². The smallest absolute Gasteiger partial charge is 0.306 e. The lowest BCUT2D eigenvalue weighted by Crippen LogP contribution is -2.02. The second-order valence-corrected chi connectivity index (χ2v) is 4.16. The number of hydrogen-bond donors (Lipinski definition) is 1. The third-order valence-corrected chi connectivity index (χ3v) is 3.14. The largest absolute Gasteiger partial charge is 0.469 e. The van der Waals surface area contributed by atoms with Crippen molar-refractivity contribution in [1.82, 2.24) is 9.97 Å². The van der Waals surface area contributed by atoms with Crippen molar-refractivity contribution in [2.75, 3.05) is 25.2 Å². The van der Waals surface area contributed by atoms with Gasteiger partial charge in [-0.2, -0.15) is 0 Å². The Labute approximate surface area is 99.0 Å². The Morgan fingerprint density at radius 3 is 2.94 bits per heavy atom. The number of hydrogen-bond acceptors (Lipinski definition) is 6. The van der Waals surface area contributed by atoms with Crippen LogP contribution in [0.25, 0.3) is 0 Å².